The molecule has 0 saturated heterocycles. The van der Waals surface area contributed by atoms with Gasteiger partial charge >= 0.3 is 0 Å². The lowest BCUT2D eigenvalue weighted by molar-refractivity contribution is 0.470. The number of phenolic OH excluding ortho intramolecular Hbond substituents is 1. The van der Waals surface area contributed by atoms with Gasteiger partial charge in [-0.1, -0.05) is 62.4 Å². The van der Waals surface area contributed by atoms with E-state index in [1.165, 1.54) is 5.57 Å². The Morgan fingerprint density at radius 2 is 1.79 bits per heavy atom. The Bertz CT molecular complexity index is 412. The fraction of sp³-hybridized carbons (Fsp3) is 0.333. The van der Waals surface area contributed by atoms with E-state index >= 15 is 0 Å². The first-order valence-electron chi connectivity index (χ1n) is 6.69. The number of allylic oxidation sites excluding steroid dienone is 5. The second-order valence-corrected chi connectivity index (χ2v) is 3.94. The van der Waals surface area contributed by atoms with Gasteiger partial charge in [-0.25, -0.2) is 0 Å². The number of phenols is 1. The van der Waals surface area contributed by atoms with Gasteiger partial charge in [-0.2, -0.15) is 0 Å². The molecule has 19 heavy (non-hydrogen) atoms. The van der Waals surface area contributed by atoms with E-state index in [-0.39, 0.29) is 0 Å². The lowest BCUT2D eigenvalue weighted by atomic mass is 10.1. The van der Waals surface area contributed by atoms with Crippen LogP contribution in [0.1, 0.15) is 38.8 Å². The summed E-state index contributed by atoms with van der Waals surface area (Å²) in [6.07, 6.45) is 7.81. The van der Waals surface area contributed by atoms with E-state index in [1.54, 1.807) is 12.1 Å². The molecule has 0 atom stereocenters. The van der Waals surface area contributed by atoms with Crippen LogP contribution in [-0.2, 0) is 0 Å². The monoisotopic (exact) mass is 260 g/mol. The van der Waals surface area contributed by atoms with E-state index in [4.69, 9.17) is 5.11 Å². The lowest BCUT2D eigenvalue weighted by Crippen LogP contribution is -1.74. The zero-order valence-electron chi connectivity index (χ0n) is 13.2. The Morgan fingerprint density at radius 1 is 1.21 bits per heavy atom. The molecule has 0 aliphatic carbocycles. The highest BCUT2D eigenvalue weighted by molar-refractivity contribution is 5.34. The maximum absolute atomic E-state index is 9.10. The summed E-state index contributed by atoms with van der Waals surface area (Å²) in [5.74, 6) is 0.384. The summed E-state index contributed by atoms with van der Waals surface area (Å²) in [7, 11) is 0. The molecular formula is C18H28O. The molecule has 1 aromatic carbocycles. The SMILES string of the molecule is C=C/C=C(C)\C=C/C.CC.Cc1ccc(C)c(O)c1. The molecule has 0 spiro atoms. The van der Waals surface area contributed by atoms with Crippen molar-refractivity contribution in [2.75, 3.05) is 0 Å². The highest BCUT2D eigenvalue weighted by atomic mass is 16.3. The third-order valence-electron chi connectivity index (χ3n) is 2.17. The Balaban J connectivity index is 0. The van der Waals surface area contributed by atoms with E-state index in [0.717, 1.165) is 11.1 Å². The average molecular weight is 260 g/mol. The average Bonchev–Trinajstić information content (AvgIpc) is 2.38. The molecule has 106 valence electrons. The lowest BCUT2D eigenvalue weighted by Gasteiger charge is -1.97. The molecule has 1 heteroatoms. The molecule has 1 rings (SSSR count). The van der Waals surface area contributed by atoms with Gasteiger partial charge in [0.2, 0.25) is 0 Å². The molecule has 0 saturated carbocycles. The highest BCUT2D eigenvalue weighted by Crippen LogP contribution is 2.15. The van der Waals surface area contributed by atoms with Crippen molar-refractivity contribution in [3.8, 4) is 5.75 Å². The number of rotatable bonds is 2. The molecule has 1 N–H and O–H groups in total. The van der Waals surface area contributed by atoms with Crippen LogP contribution in [0, 0.1) is 13.8 Å². The quantitative estimate of drug-likeness (QED) is 0.673. The molecule has 0 amide bonds. The third-order valence-corrected chi connectivity index (χ3v) is 2.17. The third kappa shape index (κ3) is 11.1. The summed E-state index contributed by atoms with van der Waals surface area (Å²) in [6, 6.07) is 5.65. The summed E-state index contributed by atoms with van der Waals surface area (Å²) in [5.41, 5.74) is 3.27. The van der Waals surface area contributed by atoms with Crippen LogP contribution in [0.3, 0.4) is 0 Å². The predicted molar refractivity (Wildman–Crippen MR) is 87.7 cm³/mol. The van der Waals surface area contributed by atoms with Gasteiger partial charge < -0.3 is 5.11 Å². The summed E-state index contributed by atoms with van der Waals surface area (Å²) < 4.78 is 0. The Kier molecular flexibility index (Phi) is 13.1. The van der Waals surface area contributed by atoms with Gasteiger partial charge in [0, 0.05) is 0 Å². The van der Waals surface area contributed by atoms with Crippen LogP contribution in [-0.4, -0.2) is 5.11 Å². The largest absolute Gasteiger partial charge is 0.508 e. The first-order valence-corrected chi connectivity index (χ1v) is 6.69. The fourth-order valence-electron chi connectivity index (χ4n) is 1.22. The second-order valence-electron chi connectivity index (χ2n) is 3.94. The number of benzene rings is 1. The summed E-state index contributed by atoms with van der Waals surface area (Å²) in [5, 5.41) is 9.10. The second kappa shape index (κ2) is 12.7. The van der Waals surface area contributed by atoms with Crippen molar-refractivity contribution in [3.63, 3.8) is 0 Å². The molecule has 0 fully saturated rings. The number of hydrogen-bond donors (Lipinski definition) is 1. The van der Waals surface area contributed by atoms with Gasteiger partial charge in [0.05, 0.1) is 0 Å². The van der Waals surface area contributed by atoms with Crippen LogP contribution in [0.4, 0.5) is 0 Å². The summed E-state index contributed by atoms with van der Waals surface area (Å²) in [4.78, 5) is 0. The summed E-state index contributed by atoms with van der Waals surface area (Å²) >= 11 is 0. The van der Waals surface area contributed by atoms with Crippen molar-refractivity contribution in [2.45, 2.75) is 41.5 Å². The number of aromatic hydroxyl groups is 1. The van der Waals surface area contributed by atoms with E-state index in [0.29, 0.717) is 5.75 Å². The molecule has 0 aromatic heterocycles. The van der Waals surface area contributed by atoms with Crippen molar-refractivity contribution < 1.29 is 5.11 Å². The molecule has 0 bridgehead atoms. The van der Waals surface area contributed by atoms with E-state index in [2.05, 4.69) is 6.58 Å². The number of aryl methyl sites for hydroxylation is 2. The van der Waals surface area contributed by atoms with Gasteiger partial charge in [-0.15, -0.1) is 0 Å². The van der Waals surface area contributed by atoms with Gasteiger partial charge in [-0.3, -0.25) is 0 Å². The van der Waals surface area contributed by atoms with Gasteiger partial charge in [0.15, 0.2) is 0 Å². The molecule has 0 aliphatic rings. The summed E-state index contributed by atoms with van der Waals surface area (Å²) in [6.45, 7) is 15.5. The van der Waals surface area contributed by atoms with E-state index in [9.17, 15) is 0 Å². The normalized spacial score (nSPS) is 10.1. The minimum Gasteiger partial charge on any atom is -0.508 e. The van der Waals surface area contributed by atoms with Gasteiger partial charge in [0.25, 0.3) is 0 Å². The highest BCUT2D eigenvalue weighted by Gasteiger charge is 1.91. The van der Waals surface area contributed by atoms with Crippen molar-refractivity contribution in [3.05, 3.63) is 65.8 Å². The van der Waals surface area contributed by atoms with Crippen molar-refractivity contribution in [1.29, 1.82) is 0 Å². The number of hydrogen-bond acceptors (Lipinski definition) is 1. The first kappa shape index (κ1) is 19.6. The molecule has 0 heterocycles. The zero-order chi connectivity index (χ0) is 15.3. The van der Waals surface area contributed by atoms with Crippen LogP contribution in [0.25, 0.3) is 0 Å². The predicted octanol–water partition coefficient (Wildman–Crippen LogP) is 5.73. The van der Waals surface area contributed by atoms with Gasteiger partial charge in [-0.05, 0) is 44.9 Å². The fourth-order valence-corrected chi connectivity index (χ4v) is 1.22. The van der Waals surface area contributed by atoms with Crippen LogP contribution in [0.5, 0.6) is 5.75 Å². The van der Waals surface area contributed by atoms with E-state index < -0.39 is 0 Å². The van der Waals surface area contributed by atoms with Crippen LogP contribution in [0.15, 0.2) is 54.7 Å². The van der Waals surface area contributed by atoms with Crippen molar-refractivity contribution in [1.82, 2.24) is 0 Å². The Labute approximate surface area is 119 Å². The molecule has 0 unspecified atom stereocenters. The van der Waals surface area contributed by atoms with Crippen LogP contribution in [0.2, 0.25) is 0 Å². The van der Waals surface area contributed by atoms with Crippen LogP contribution < -0.4 is 0 Å². The smallest absolute Gasteiger partial charge is 0.118 e. The standard InChI is InChI=1S/C8H10O.C8H12.C2H6/c1-6-3-4-7(2)8(9)5-6;1-4-6-8(3)7-5-2;1-2/h3-5,9H,1-2H3;4-7H,1H2,2-3H3;1-2H3/b;7-5-,8-6-;. The molecular weight excluding hydrogens is 232 g/mol. The zero-order valence-corrected chi connectivity index (χ0v) is 13.2. The molecule has 0 aliphatic heterocycles. The minimum absolute atomic E-state index is 0.384. The van der Waals surface area contributed by atoms with E-state index in [1.807, 2.05) is 71.9 Å². The molecule has 1 nitrogen and oxygen atoms in total. The Hall–Kier alpha value is -1.76. The minimum atomic E-state index is 0.384. The van der Waals surface area contributed by atoms with Crippen molar-refractivity contribution in [2.24, 2.45) is 0 Å². The maximum atomic E-state index is 9.10. The molecule has 1 aromatic rings. The topological polar surface area (TPSA) is 20.2 Å². The first-order chi connectivity index (χ1) is 9.01. The van der Waals surface area contributed by atoms with Crippen LogP contribution >= 0.6 is 0 Å². The van der Waals surface area contributed by atoms with Crippen molar-refractivity contribution >= 4 is 0 Å². The maximum Gasteiger partial charge on any atom is 0.118 e. The van der Waals surface area contributed by atoms with Gasteiger partial charge in [0.1, 0.15) is 5.75 Å². The molecule has 0 radical (unpaired) electrons. The Morgan fingerprint density at radius 3 is 2.16 bits per heavy atom.